The highest BCUT2D eigenvalue weighted by molar-refractivity contribution is 5.71. The Kier molecular flexibility index (Phi) is 4.68. The molecule has 0 N–H and O–H groups in total. The molecule has 6 nitrogen and oxygen atoms in total. The van der Waals surface area contributed by atoms with Crippen molar-refractivity contribution in [3.8, 4) is 0 Å². The molecule has 1 aromatic heterocycles. The summed E-state index contributed by atoms with van der Waals surface area (Å²) >= 11 is 0. The highest BCUT2D eigenvalue weighted by Crippen LogP contribution is 2.29. The van der Waals surface area contributed by atoms with E-state index in [9.17, 15) is 9.18 Å². The number of rotatable bonds is 5. The van der Waals surface area contributed by atoms with E-state index >= 15 is 0 Å². The van der Waals surface area contributed by atoms with Crippen molar-refractivity contribution in [1.29, 1.82) is 0 Å². The third-order valence-electron chi connectivity index (χ3n) is 5.16. The van der Waals surface area contributed by atoms with Gasteiger partial charge in [-0.25, -0.2) is 19.2 Å². The molecule has 0 saturated carbocycles. The summed E-state index contributed by atoms with van der Waals surface area (Å²) in [6, 6.07) is 8.48. The molecule has 0 bridgehead atoms. The lowest BCUT2D eigenvalue weighted by Crippen LogP contribution is -2.39. The predicted molar refractivity (Wildman–Crippen MR) is 99.2 cm³/mol. The number of hydrogen-bond acceptors (Lipinski definition) is 5. The van der Waals surface area contributed by atoms with Crippen LogP contribution in [-0.4, -0.2) is 52.7 Å². The lowest BCUT2D eigenvalue weighted by Gasteiger charge is -2.22. The summed E-state index contributed by atoms with van der Waals surface area (Å²) in [5.74, 6) is 0.466. The van der Waals surface area contributed by atoms with Gasteiger partial charge in [-0.05, 0) is 50.5 Å². The van der Waals surface area contributed by atoms with Gasteiger partial charge in [-0.3, -0.25) is 4.90 Å². The lowest BCUT2D eigenvalue weighted by molar-refractivity contribution is 0.135. The average molecular weight is 370 g/mol. The van der Waals surface area contributed by atoms with E-state index in [-0.39, 0.29) is 24.1 Å². The van der Waals surface area contributed by atoms with E-state index in [1.807, 2.05) is 24.8 Å². The molecule has 2 aliphatic heterocycles. The van der Waals surface area contributed by atoms with Crippen molar-refractivity contribution in [2.24, 2.45) is 0 Å². The second-order valence-corrected chi connectivity index (χ2v) is 7.27. The number of ether oxygens (including phenoxy) is 1. The van der Waals surface area contributed by atoms with E-state index in [0.29, 0.717) is 25.6 Å². The van der Waals surface area contributed by atoms with E-state index in [1.54, 1.807) is 12.1 Å². The third kappa shape index (κ3) is 3.72. The molecule has 7 heteroatoms. The molecule has 27 heavy (non-hydrogen) atoms. The Balaban J connectivity index is 1.38. The maximum Gasteiger partial charge on any atom is 0.410 e. The Labute approximate surface area is 158 Å². The minimum absolute atomic E-state index is 0.0233. The molecule has 0 aliphatic carbocycles. The van der Waals surface area contributed by atoms with Crippen LogP contribution in [0, 0.1) is 19.7 Å². The van der Waals surface area contributed by atoms with Crippen LogP contribution in [0.2, 0.25) is 0 Å². The van der Waals surface area contributed by atoms with Gasteiger partial charge in [-0.1, -0.05) is 12.1 Å². The van der Waals surface area contributed by atoms with Crippen LogP contribution >= 0.6 is 0 Å². The van der Waals surface area contributed by atoms with Crippen LogP contribution in [0.4, 0.5) is 15.1 Å². The summed E-state index contributed by atoms with van der Waals surface area (Å²) < 4.78 is 18.6. The van der Waals surface area contributed by atoms with Crippen molar-refractivity contribution in [3.63, 3.8) is 0 Å². The summed E-state index contributed by atoms with van der Waals surface area (Å²) in [5.41, 5.74) is 2.93. The zero-order valence-corrected chi connectivity index (χ0v) is 15.6. The largest absolute Gasteiger partial charge is 0.442 e. The van der Waals surface area contributed by atoms with Gasteiger partial charge in [0.25, 0.3) is 0 Å². The smallest absolute Gasteiger partial charge is 0.410 e. The first-order chi connectivity index (χ1) is 13.0. The first-order valence-electron chi connectivity index (χ1n) is 9.28. The monoisotopic (exact) mass is 370 g/mol. The highest BCUT2D eigenvalue weighted by Gasteiger charge is 2.48. The van der Waals surface area contributed by atoms with Crippen molar-refractivity contribution in [2.75, 3.05) is 24.5 Å². The molecule has 142 valence electrons. The van der Waals surface area contributed by atoms with Crippen molar-refractivity contribution in [1.82, 2.24) is 14.9 Å². The molecule has 2 aromatic rings. The van der Waals surface area contributed by atoms with E-state index in [4.69, 9.17) is 4.74 Å². The second kappa shape index (κ2) is 7.13. The molecule has 2 atom stereocenters. The zero-order chi connectivity index (χ0) is 19.0. The molecular weight excluding hydrogens is 347 g/mol. The van der Waals surface area contributed by atoms with Gasteiger partial charge in [0.05, 0.1) is 12.6 Å². The van der Waals surface area contributed by atoms with E-state index in [0.717, 1.165) is 29.8 Å². The van der Waals surface area contributed by atoms with Gasteiger partial charge in [0, 0.05) is 24.5 Å². The van der Waals surface area contributed by atoms with Gasteiger partial charge in [0.1, 0.15) is 11.9 Å². The summed E-state index contributed by atoms with van der Waals surface area (Å²) in [6.45, 7) is 5.83. The van der Waals surface area contributed by atoms with Gasteiger partial charge in [-0.2, -0.15) is 0 Å². The van der Waals surface area contributed by atoms with Crippen molar-refractivity contribution in [2.45, 2.75) is 38.8 Å². The van der Waals surface area contributed by atoms with E-state index in [2.05, 4.69) is 14.9 Å². The number of carbonyl (C=O) groups is 1. The maximum absolute atomic E-state index is 13.0. The van der Waals surface area contributed by atoms with E-state index < -0.39 is 0 Å². The van der Waals surface area contributed by atoms with Gasteiger partial charge in [0.15, 0.2) is 0 Å². The molecule has 3 heterocycles. The molecule has 1 aromatic carbocycles. The highest BCUT2D eigenvalue weighted by atomic mass is 19.1. The van der Waals surface area contributed by atoms with Gasteiger partial charge < -0.3 is 9.64 Å². The van der Waals surface area contributed by atoms with Crippen LogP contribution in [-0.2, 0) is 11.2 Å². The van der Waals surface area contributed by atoms with Gasteiger partial charge in [-0.15, -0.1) is 0 Å². The van der Waals surface area contributed by atoms with Crippen LogP contribution in [0.3, 0.4) is 0 Å². The summed E-state index contributed by atoms with van der Waals surface area (Å²) in [7, 11) is 0. The normalized spacial score (nSPS) is 21.5. The number of hydrogen-bond donors (Lipinski definition) is 0. The molecule has 0 radical (unpaired) electrons. The van der Waals surface area contributed by atoms with E-state index in [1.165, 1.54) is 12.1 Å². The fraction of sp³-hybridized carbons (Fsp3) is 0.450. The van der Waals surface area contributed by atoms with Gasteiger partial charge >= 0.3 is 6.09 Å². The van der Waals surface area contributed by atoms with Crippen molar-refractivity contribution >= 4 is 12.0 Å². The molecule has 2 fully saturated rings. The maximum atomic E-state index is 13.0. The van der Waals surface area contributed by atoms with Crippen LogP contribution in [0.1, 0.15) is 23.4 Å². The number of benzene rings is 1. The third-order valence-corrected chi connectivity index (χ3v) is 5.16. The van der Waals surface area contributed by atoms with Crippen molar-refractivity contribution in [3.05, 3.63) is 53.1 Å². The van der Waals surface area contributed by atoms with Crippen LogP contribution in [0.15, 0.2) is 30.3 Å². The standard InChI is InChI=1S/C20H23FN4O2/c1-13-10-14(2)23-19(22-13)24-11-17-18(12-24)27-20(26)25(17)9-3-4-15-5-7-16(21)8-6-15/h5-8,10,17-18H,3-4,9,11-12H2,1-2H3/t17-,18+/m1/s1. The molecule has 0 spiro atoms. The molecule has 1 amide bonds. The first kappa shape index (κ1) is 17.7. The average Bonchev–Trinajstić information content (AvgIpc) is 3.14. The minimum atomic E-state index is -0.245. The fourth-order valence-corrected chi connectivity index (χ4v) is 3.88. The number of aromatic nitrogens is 2. The Morgan fingerprint density at radius 2 is 1.85 bits per heavy atom. The first-order valence-corrected chi connectivity index (χ1v) is 9.28. The van der Waals surface area contributed by atoms with Crippen molar-refractivity contribution < 1.29 is 13.9 Å². The number of aryl methyl sites for hydroxylation is 3. The predicted octanol–water partition coefficient (Wildman–Crippen LogP) is 2.87. The topological polar surface area (TPSA) is 58.6 Å². The Morgan fingerprint density at radius 1 is 1.15 bits per heavy atom. The second-order valence-electron chi connectivity index (χ2n) is 7.27. The minimum Gasteiger partial charge on any atom is -0.442 e. The molecule has 2 saturated heterocycles. The number of nitrogens with zero attached hydrogens (tertiary/aromatic N) is 4. The summed E-state index contributed by atoms with van der Waals surface area (Å²) in [6.07, 6.45) is 1.22. The lowest BCUT2D eigenvalue weighted by atomic mass is 10.1. The zero-order valence-electron chi connectivity index (χ0n) is 15.6. The SMILES string of the molecule is Cc1cc(C)nc(N2C[C@@H]3OC(=O)N(CCCc4ccc(F)cc4)[C@@H]3C2)n1. The number of fused-ring (bicyclic) bond motifs is 1. The van der Waals surface area contributed by atoms with Crippen LogP contribution in [0.5, 0.6) is 0 Å². The summed E-state index contributed by atoms with van der Waals surface area (Å²) in [5, 5.41) is 0. The molecule has 4 rings (SSSR count). The van der Waals surface area contributed by atoms with Gasteiger partial charge in [0.2, 0.25) is 5.95 Å². The van der Waals surface area contributed by atoms with Crippen LogP contribution in [0.25, 0.3) is 0 Å². The Bertz CT molecular complexity index is 822. The van der Waals surface area contributed by atoms with Crippen LogP contribution < -0.4 is 4.90 Å². The number of carbonyl (C=O) groups excluding carboxylic acids is 1. The fourth-order valence-electron chi connectivity index (χ4n) is 3.88. The molecule has 2 aliphatic rings. The molecular formula is C20H23FN4O2. The Hall–Kier alpha value is -2.70. The number of halogens is 1. The quantitative estimate of drug-likeness (QED) is 0.810. The summed E-state index contributed by atoms with van der Waals surface area (Å²) in [4.78, 5) is 25.2. The number of anilines is 1. The number of amides is 1. The molecule has 0 unspecified atom stereocenters. The Morgan fingerprint density at radius 3 is 2.56 bits per heavy atom.